The molecule has 0 aliphatic heterocycles. The molecular weight excluding hydrogens is 532 g/mol. The second-order valence-corrected chi connectivity index (χ2v) is 11.6. The van der Waals surface area contributed by atoms with Crippen molar-refractivity contribution in [3.63, 3.8) is 0 Å². The van der Waals surface area contributed by atoms with Gasteiger partial charge in [-0.1, -0.05) is 80.9 Å². The summed E-state index contributed by atoms with van der Waals surface area (Å²) in [5, 5.41) is 4.00. The van der Waals surface area contributed by atoms with Gasteiger partial charge in [-0.05, 0) is 65.3 Å². The van der Waals surface area contributed by atoms with Crippen LogP contribution in [0, 0.1) is 5.41 Å². The van der Waals surface area contributed by atoms with Gasteiger partial charge >= 0.3 is 5.97 Å². The molecule has 0 aromatic heterocycles. The van der Waals surface area contributed by atoms with Crippen molar-refractivity contribution in [2.45, 2.75) is 46.5 Å². The second-order valence-electron chi connectivity index (χ2n) is 10.7. The van der Waals surface area contributed by atoms with Gasteiger partial charge in [0.15, 0.2) is 6.61 Å². The van der Waals surface area contributed by atoms with E-state index in [1.54, 1.807) is 42.5 Å². The Morgan fingerprint density at radius 1 is 0.946 bits per heavy atom. The van der Waals surface area contributed by atoms with Crippen LogP contribution < -0.4 is 14.9 Å². The monoisotopic (exact) mass is 564 g/mol. The van der Waals surface area contributed by atoms with Crippen LogP contribution in [0.1, 0.15) is 62.5 Å². The molecule has 0 fully saturated rings. The van der Waals surface area contributed by atoms with Crippen molar-refractivity contribution < 1.29 is 19.1 Å². The van der Waals surface area contributed by atoms with Crippen LogP contribution in [0.4, 0.5) is 0 Å². The summed E-state index contributed by atoms with van der Waals surface area (Å²) in [6, 6.07) is 21.7. The molecule has 3 aromatic rings. The molecule has 0 saturated carbocycles. The molecule has 0 radical (unpaired) electrons. The Bertz CT molecular complexity index is 1250. The van der Waals surface area contributed by atoms with E-state index in [9.17, 15) is 9.59 Å². The highest BCUT2D eigenvalue weighted by atomic mass is 79.9. The largest absolute Gasteiger partial charge is 0.484 e. The van der Waals surface area contributed by atoms with Crippen molar-refractivity contribution in [1.82, 2.24) is 5.43 Å². The van der Waals surface area contributed by atoms with Gasteiger partial charge in [0.25, 0.3) is 5.91 Å². The van der Waals surface area contributed by atoms with Crippen LogP contribution in [-0.4, -0.2) is 24.7 Å². The first-order valence-electron chi connectivity index (χ1n) is 12.0. The lowest BCUT2D eigenvalue weighted by Gasteiger charge is -2.33. The second kappa shape index (κ2) is 12.2. The average molecular weight is 566 g/mol. The number of rotatable bonds is 9. The fourth-order valence-corrected chi connectivity index (χ4v) is 4.61. The molecular formula is C30H33BrN2O4. The predicted octanol–water partition coefficient (Wildman–Crippen LogP) is 6.91. The van der Waals surface area contributed by atoms with E-state index in [0.29, 0.717) is 22.6 Å². The molecule has 0 aliphatic rings. The topological polar surface area (TPSA) is 77.0 Å². The number of benzene rings is 3. The van der Waals surface area contributed by atoms with Gasteiger partial charge in [0.05, 0.1) is 11.8 Å². The number of ether oxygens (including phenoxy) is 2. The summed E-state index contributed by atoms with van der Waals surface area (Å²) in [6.07, 6.45) is 2.47. The van der Waals surface area contributed by atoms with Crippen LogP contribution in [0.25, 0.3) is 0 Å². The normalized spacial score (nSPS) is 11.8. The summed E-state index contributed by atoms with van der Waals surface area (Å²) in [5.41, 5.74) is 4.88. The first-order chi connectivity index (χ1) is 17.4. The Morgan fingerprint density at radius 2 is 1.62 bits per heavy atom. The maximum atomic E-state index is 12.4. The first kappa shape index (κ1) is 28.1. The molecule has 0 heterocycles. The zero-order valence-corrected chi connectivity index (χ0v) is 23.5. The number of nitrogens with one attached hydrogen (secondary N) is 1. The van der Waals surface area contributed by atoms with E-state index < -0.39 is 11.9 Å². The van der Waals surface area contributed by atoms with E-state index >= 15 is 0 Å². The molecule has 37 heavy (non-hydrogen) atoms. The van der Waals surface area contributed by atoms with Crippen molar-refractivity contribution in [1.29, 1.82) is 0 Å². The molecule has 194 valence electrons. The van der Waals surface area contributed by atoms with Crippen LogP contribution in [0.5, 0.6) is 11.5 Å². The van der Waals surface area contributed by atoms with Gasteiger partial charge in [-0.2, -0.15) is 5.10 Å². The molecule has 0 saturated heterocycles. The van der Waals surface area contributed by atoms with Crippen LogP contribution in [0.2, 0.25) is 0 Å². The molecule has 3 rings (SSSR count). The summed E-state index contributed by atoms with van der Waals surface area (Å²) >= 11 is 3.40. The van der Waals surface area contributed by atoms with Crippen LogP contribution >= 0.6 is 15.9 Å². The number of esters is 1. The molecule has 0 spiro atoms. The average Bonchev–Trinajstić information content (AvgIpc) is 2.83. The third kappa shape index (κ3) is 8.86. The summed E-state index contributed by atoms with van der Waals surface area (Å²) in [6.45, 7) is 11.0. The van der Waals surface area contributed by atoms with Crippen molar-refractivity contribution >= 4 is 34.0 Å². The predicted molar refractivity (Wildman–Crippen MR) is 150 cm³/mol. The number of carbonyl (C=O) groups is 2. The lowest BCUT2D eigenvalue weighted by Crippen LogP contribution is -2.25. The van der Waals surface area contributed by atoms with Gasteiger partial charge in [-0.3, -0.25) is 4.79 Å². The van der Waals surface area contributed by atoms with Crippen molar-refractivity contribution in [3.8, 4) is 11.5 Å². The van der Waals surface area contributed by atoms with E-state index in [4.69, 9.17) is 9.47 Å². The molecule has 7 heteroatoms. The Morgan fingerprint density at radius 3 is 2.27 bits per heavy atom. The number of hydrogen-bond donors (Lipinski definition) is 1. The van der Waals surface area contributed by atoms with Gasteiger partial charge in [-0.15, -0.1) is 0 Å². The van der Waals surface area contributed by atoms with Crippen LogP contribution in [-0.2, 0) is 10.2 Å². The number of hydrogen-bond acceptors (Lipinski definition) is 5. The Balaban J connectivity index is 1.55. The highest BCUT2D eigenvalue weighted by molar-refractivity contribution is 9.10. The summed E-state index contributed by atoms with van der Waals surface area (Å²) in [7, 11) is 0. The smallest absolute Gasteiger partial charge is 0.343 e. The molecule has 0 atom stereocenters. The number of nitrogens with zero attached hydrogens (tertiary/aromatic N) is 1. The van der Waals surface area contributed by atoms with E-state index in [2.05, 4.69) is 61.1 Å². The maximum Gasteiger partial charge on any atom is 0.343 e. The van der Waals surface area contributed by atoms with Crippen molar-refractivity contribution in [3.05, 3.63) is 94.0 Å². The summed E-state index contributed by atoms with van der Waals surface area (Å²) in [5.74, 6) is 0.0337. The molecule has 1 amide bonds. The van der Waals surface area contributed by atoms with E-state index in [0.717, 1.165) is 10.9 Å². The number of amides is 1. The van der Waals surface area contributed by atoms with Gasteiger partial charge < -0.3 is 9.47 Å². The van der Waals surface area contributed by atoms with Gasteiger partial charge in [0.2, 0.25) is 0 Å². The molecule has 0 bridgehead atoms. The number of carbonyl (C=O) groups excluding carboxylic acids is 2. The standard InChI is InChI=1S/C30H33BrN2O4/c1-29(2,3)20-30(4,5)23-11-14-25(15-12-23)36-19-27(34)33-32-18-22-17-24(31)13-16-26(22)37-28(35)21-9-7-6-8-10-21/h6-18H,19-20H2,1-5H3,(H,33,34)/b32-18+. The third-order valence-electron chi connectivity index (χ3n) is 5.55. The van der Waals surface area contributed by atoms with E-state index in [-0.39, 0.29) is 17.4 Å². The zero-order valence-electron chi connectivity index (χ0n) is 21.9. The van der Waals surface area contributed by atoms with Crippen LogP contribution in [0.15, 0.2) is 82.4 Å². The third-order valence-corrected chi connectivity index (χ3v) is 6.05. The summed E-state index contributed by atoms with van der Waals surface area (Å²) < 4.78 is 11.9. The summed E-state index contributed by atoms with van der Waals surface area (Å²) in [4.78, 5) is 24.7. The molecule has 6 nitrogen and oxygen atoms in total. The van der Waals surface area contributed by atoms with Crippen molar-refractivity contribution in [2.24, 2.45) is 10.5 Å². The molecule has 0 unspecified atom stereocenters. The fraction of sp³-hybridized carbons (Fsp3) is 0.300. The maximum absolute atomic E-state index is 12.4. The van der Waals surface area contributed by atoms with Gasteiger partial charge in [0.1, 0.15) is 11.5 Å². The molecule has 3 aromatic carbocycles. The SMILES string of the molecule is CC(C)(C)CC(C)(C)c1ccc(OCC(=O)N/N=C/c2cc(Br)ccc2OC(=O)c2ccccc2)cc1. The number of halogens is 1. The first-order valence-corrected chi connectivity index (χ1v) is 12.8. The number of hydrazone groups is 1. The minimum atomic E-state index is -0.483. The highest BCUT2D eigenvalue weighted by Crippen LogP contribution is 2.36. The molecule has 1 N–H and O–H groups in total. The highest BCUT2D eigenvalue weighted by Gasteiger charge is 2.27. The fourth-order valence-electron chi connectivity index (χ4n) is 4.23. The van der Waals surface area contributed by atoms with Gasteiger partial charge in [-0.25, -0.2) is 10.2 Å². The lowest BCUT2D eigenvalue weighted by atomic mass is 9.72. The minimum absolute atomic E-state index is 0.0313. The van der Waals surface area contributed by atoms with E-state index in [1.165, 1.54) is 11.8 Å². The minimum Gasteiger partial charge on any atom is -0.484 e. The lowest BCUT2D eigenvalue weighted by molar-refractivity contribution is -0.123. The van der Waals surface area contributed by atoms with E-state index in [1.807, 2.05) is 30.3 Å². The van der Waals surface area contributed by atoms with Gasteiger partial charge in [0, 0.05) is 10.0 Å². The zero-order chi connectivity index (χ0) is 27.1. The Labute approximate surface area is 227 Å². The van der Waals surface area contributed by atoms with Crippen LogP contribution in [0.3, 0.4) is 0 Å². The Hall–Kier alpha value is -3.45. The molecule has 0 aliphatic carbocycles. The Kier molecular flexibility index (Phi) is 9.27. The quantitative estimate of drug-likeness (QED) is 0.132. The van der Waals surface area contributed by atoms with Crippen molar-refractivity contribution in [2.75, 3.05) is 6.61 Å².